The Bertz CT molecular complexity index is 873. The molecule has 3 aromatic rings. The van der Waals surface area contributed by atoms with E-state index in [-0.39, 0.29) is 30.2 Å². The van der Waals surface area contributed by atoms with E-state index in [1.165, 1.54) is 5.56 Å². The largest absolute Gasteiger partial charge is 0.398 e. The fourth-order valence-corrected chi connectivity index (χ4v) is 3.42. The molecule has 0 radical (unpaired) electrons. The number of benzene rings is 2. The standard InChI is InChI=1S/C18H17ClN4.2ClH/c1-23-16(14-8-7-13(19)11-15(14)20)21-22-17(23)18(9-10-18)12-5-3-2-4-6-12;;/h2-8,11H,9-10,20H2,1H3;2*1H. The van der Waals surface area contributed by atoms with Crippen LogP contribution in [0.2, 0.25) is 5.02 Å². The van der Waals surface area contributed by atoms with Gasteiger partial charge in [-0.05, 0) is 36.6 Å². The van der Waals surface area contributed by atoms with Crippen LogP contribution in [0.3, 0.4) is 0 Å². The molecule has 0 bridgehead atoms. The van der Waals surface area contributed by atoms with Crippen LogP contribution < -0.4 is 5.73 Å². The number of aromatic nitrogens is 3. The summed E-state index contributed by atoms with van der Waals surface area (Å²) in [5.41, 5.74) is 8.86. The Morgan fingerprint density at radius 2 is 1.72 bits per heavy atom. The molecular formula is C18H19Cl3N4. The molecule has 132 valence electrons. The third-order valence-electron chi connectivity index (χ3n) is 4.63. The van der Waals surface area contributed by atoms with Gasteiger partial charge in [-0.1, -0.05) is 41.9 Å². The number of nitrogens with two attached hydrogens (primary N) is 1. The number of nitrogens with zero attached hydrogens (tertiary/aromatic N) is 3. The lowest BCUT2D eigenvalue weighted by Gasteiger charge is -2.15. The predicted molar refractivity (Wildman–Crippen MR) is 107 cm³/mol. The molecule has 1 aromatic heterocycles. The van der Waals surface area contributed by atoms with Gasteiger partial charge in [0.05, 0.1) is 5.41 Å². The van der Waals surface area contributed by atoms with Gasteiger partial charge in [0.15, 0.2) is 5.82 Å². The fourth-order valence-electron chi connectivity index (χ4n) is 3.24. The fraction of sp³-hybridized carbons (Fsp3) is 0.222. The SMILES string of the molecule is Cl.Cl.Cn1c(-c2ccc(Cl)cc2N)nnc1C1(c2ccccc2)CC1. The van der Waals surface area contributed by atoms with Crippen LogP contribution in [0.15, 0.2) is 48.5 Å². The maximum Gasteiger partial charge on any atom is 0.165 e. The first-order valence-electron chi connectivity index (χ1n) is 7.63. The van der Waals surface area contributed by atoms with Gasteiger partial charge in [0.2, 0.25) is 0 Å². The highest BCUT2D eigenvalue weighted by Gasteiger charge is 2.49. The van der Waals surface area contributed by atoms with E-state index >= 15 is 0 Å². The molecule has 0 spiro atoms. The average Bonchev–Trinajstić information content (AvgIpc) is 3.27. The topological polar surface area (TPSA) is 56.7 Å². The monoisotopic (exact) mass is 396 g/mol. The first-order valence-corrected chi connectivity index (χ1v) is 8.00. The van der Waals surface area contributed by atoms with Gasteiger partial charge < -0.3 is 10.3 Å². The Labute approximate surface area is 164 Å². The lowest BCUT2D eigenvalue weighted by Crippen LogP contribution is -2.15. The predicted octanol–water partition coefficient (Wildman–Crippen LogP) is 4.64. The molecule has 0 unspecified atom stereocenters. The van der Waals surface area contributed by atoms with E-state index in [0.717, 1.165) is 30.1 Å². The van der Waals surface area contributed by atoms with E-state index in [1.54, 1.807) is 6.07 Å². The number of hydrogen-bond acceptors (Lipinski definition) is 3. The molecule has 0 aliphatic heterocycles. The average molecular weight is 398 g/mol. The van der Waals surface area contributed by atoms with E-state index in [9.17, 15) is 0 Å². The summed E-state index contributed by atoms with van der Waals surface area (Å²) < 4.78 is 2.06. The maximum absolute atomic E-state index is 6.10. The Morgan fingerprint density at radius 3 is 2.32 bits per heavy atom. The van der Waals surface area contributed by atoms with Crippen molar-refractivity contribution in [3.8, 4) is 11.4 Å². The molecule has 2 N–H and O–H groups in total. The molecule has 1 fully saturated rings. The van der Waals surface area contributed by atoms with Crippen molar-refractivity contribution in [3.63, 3.8) is 0 Å². The van der Waals surface area contributed by atoms with Gasteiger partial charge in [-0.3, -0.25) is 0 Å². The number of anilines is 1. The smallest absolute Gasteiger partial charge is 0.165 e. The van der Waals surface area contributed by atoms with Crippen molar-refractivity contribution in [1.82, 2.24) is 14.8 Å². The molecule has 4 rings (SSSR count). The zero-order chi connectivity index (χ0) is 16.0. The second-order valence-electron chi connectivity index (χ2n) is 6.09. The van der Waals surface area contributed by atoms with Gasteiger partial charge in [-0.25, -0.2) is 0 Å². The van der Waals surface area contributed by atoms with Gasteiger partial charge >= 0.3 is 0 Å². The third kappa shape index (κ3) is 3.22. The molecule has 25 heavy (non-hydrogen) atoms. The van der Waals surface area contributed by atoms with Crippen LogP contribution in [0.4, 0.5) is 5.69 Å². The van der Waals surface area contributed by atoms with Crippen LogP contribution in [0.25, 0.3) is 11.4 Å². The molecule has 2 aromatic carbocycles. The Kier molecular flexibility index (Phi) is 5.67. The molecule has 4 nitrogen and oxygen atoms in total. The Morgan fingerprint density at radius 1 is 1.04 bits per heavy atom. The van der Waals surface area contributed by atoms with Gasteiger partial charge in [-0.2, -0.15) is 0 Å². The van der Waals surface area contributed by atoms with Crippen molar-refractivity contribution < 1.29 is 0 Å². The molecule has 1 aliphatic carbocycles. The van der Waals surface area contributed by atoms with E-state index < -0.39 is 0 Å². The van der Waals surface area contributed by atoms with Crippen molar-refractivity contribution in [2.24, 2.45) is 7.05 Å². The molecular weight excluding hydrogens is 379 g/mol. The molecule has 0 saturated heterocycles. The Hall–Kier alpha value is -1.75. The summed E-state index contributed by atoms with van der Waals surface area (Å²) in [5.74, 6) is 1.77. The minimum atomic E-state index is -0.0115. The number of rotatable bonds is 3. The lowest BCUT2D eigenvalue weighted by molar-refractivity contribution is 0.694. The molecule has 0 amide bonds. The van der Waals surface area contributed by atoms with Gasteiger partial charge in [0, 0.05) is 23.3 Å². The summed E-state index contributed by atoms with van der Waals surface area (Å²) >= 11 is 5.99. The van der Waals surface area contributed by atoms with Crippen LogP contribution >= 0.6 is 36.4 Å². The van der Waals surface area contributed by atoms with Crippen LogP contribution in [0.5, 0.6) is 0 Å². The first kappa shape index (κ1) is 19.6. The van der Waals surface area contributed by atoms with Crippen LogP contribution in [-0.2, 0) is 12.5 Å². The number of nitrogen functional groups attached to an aromatic ring is 1. The normalized spacial score (nSPS) is 14.3. The third-order valence-corrected chi connectivity index (χ3v) is 4.87. The maximum atomic E-state index is 6.10. The Balaban J connectivity index is 0.00000113. The van der Waals surface area contributed by atoms with Crippen LogP contribution in [0, 0.1) is 0 Å². The highest BCUT2D eigenvalue weighted by atomic mass is 35.5. The second-order valence-corrected chi connectivity index (χ2v) is 6.52. The molecule has 0 atom stereocenters. The quantitative estimate of drug-likeness (QED) is 0.655. The summed E-state index contributed by atoms with van der Waals surface area (Å²) in [6.45, 7) is 0. The zero-order valence-corrected chi connectivity index (χ0v) is 16.0. The summed E-state index contributed by atoms with van der Waals surface area (Å²) in [6.07, 6.45) is 2.19. The van der Waals surface area contributed by atoms with Crippen molar-refractivity contribution >= 4 is 42.1 Å². The van der Waals surface area contributed by atoms with E-state index in [4.69, 9.17) is 17.3 Å². The van der Waals surface area contributed by atoms with Crippen molar-refractivity contribution in [3.05, 3.63) is 64.9 Å². The summed E-state index contributed by atoms with van der Waals surface area (Å²) in [6, 6.07) is 16.0. The highest BCUT2D eigenvalue weighted by molar-refractivity contribution is 6.31. The van der Waals surface area contributed by atoms with E-state index in [2.05, 4.69) is 39.0 Å². The first-order chi connectivity index (χ1) is 11.1. The van der Waals surface area contributed by atoms with E-state index in [1.807, 2.05) is 25.2 Å². The second kappa shape index (κ2) is 7.24. The highest BCUT2D eigenvalue weighted by Crippen LogP contribution is 2.53. The van der Waals surface area contributed by atoms with Crippen molar-refractivity contribution in [2.75, 3.05) is 5.73 Å². The van der Waals surface area contributed by atoms with Crippen LogP contribution in [0.1, 0.15) is 24.2 Å². The lowest BCUT2D eigenvalue weighted by atomic mass is 9.95. The summed E-state index contributed by atoms with van der Waals surface area (Å²) in [4.78, 5) is 0. The summed E-state index contributed by atoms with van der Waals surface area (Å²) in [7, 11) is 2.00. The van der Waals surface area contributed by atoms with Crippen molar-refractivity contribution in [2.45, 2.75) is 18.3 Å². The van der Waals surface area contributed by atoms with Gasteiger partial charge in [0.1, 0.15) is 5.82 Å². The molecule has 1 heterocycles. The number of halogens is 3. The van der Waals surface area contributed by atoms with Gasteiger partial charge in [-0.15, -0.1) is 35.0 Å². The molecule has 7 heteroatoms. The van der Waals surface area contributed by atoms with Crippen molar-refractivity contribution in [1.29, 1.82) is 0 Å². The van der Waals surface area contributed by atoms with E-state index in [0.29, 0.717) is 10.7 Å². The van der Waals surface area contributed by atoms with Gasteiger partial charge in [0.25, 0.3) is 0 Å². The minimum absolute atomic E-state index is 0. The van der Waals surface area contributed by atoms with Crippen LogP contribution in [-0.4, -0.2) is 14.8 Å². The molecule has 1 aliphatic rings. The minimum Gasteiger partial charge on any atom is -0.398 e. The molecule has 1 saturated carbocycles. The summed E-state index contributed by atoms with van der Waals surface area (Å²) in [5, 5.41) is 9.51. The zero-order valence-electron chi connectivity index (χ0n) is 13.6. The number of hydrogen-bond donors (Lipinski definition) is 1.